The second-order valence-corrected chi connectivity index (χ2v) is 2.99. The Bertz CT molecular complexity index is 264. The van der Waals surface area contributed by atoms with Gasteiger partial charge in [-0.2, -0.15) is 0 Å². The van der Waals surface area contributed by atoms with Gasteiger partial charge in [0.1, 0.15) is 0 Å². The number of hydrogen-bond acceptors (Lipinski definition) is 1. The van der Waals surface area contributed by atoms with Crippen LogP contribution in [0.15, 0.2) is 12.1 Å². The Morgan fingerprint density at radius 3 is 2.27 bits per heavy atom. The number of benzene rings is 1. The van der Waals surface area contributed by atoms with Gasteiger partial charge in [-0.15, -0.1) is 0 Å². The predicted octanol–water partition coefficient (Wildman–Crippen LogP) is 2.45. The van der Waals surface area contributed by atoms with Gasteiger partial charge in [0, 0.05) is 5.69 Å². The van der Waals surface area contributed by atoms with Gasteiger partial charge in [0.25, 0.3) is 0 Å². The van der Waals surface area contributed by atoms with Crippen LogP contribution in [0.4, 0.5) is 5.69 Å². The van der Waals surface area contributed by atoms with E-state index in [1.54, 1.807) is 0 Å². The van der Waals surface area contributed by atoms with Gasteiger partial charge in [0.2, 0.25) is 0 Å². The zero-order valence-electron chi connectivity index (χ0n) is 7.44. The first-order valence-electron chi connectivity index (χ1n) is 4.00. The average molecular weight is 149 g/mol. The highest BCUT2D eigenvalue weighted by atomic mass is 14.6. The monoisotopic (exact) mass is 149 g/mol. The quantitative estimate of drug-likeness (QED) is 0.610. The normalized spacial score (nSPS) is 10.1. The molecule has 0 fully saturated rings. The van der Waals surface area contributed by atoms with Crippen molar-refractivity contribution in [2.75, 3.05) is 5.73 Å². The Kier molecular flexibility index (Phi) is 2.18. The fraction of sp³-hybridized carbons (Fsp3) is 0.400. The highest BCUT2D eigenvalue weighted by Crippen LogP contribution is 2.17. The van der Waals surface area contributed by atoms with Crippen molar-refractivity contribution in [2.45, 2.75) is 27.2 Å². The summed E-state index contributed by atoms with van der Waals surface area (Å²) < 4.78 is 0. The first-order valence-corrected chi connectivity index (χ1v) is 4.00. The fourth-order valence-electron chi connectivity index (χ4n) is 1.20. The smallest absolute Gasteiger partial charge is 0.0349 e. The molecule has 0 saturated heterocycles. The summed E-state index contributed by atoms with van der Waals surface area (Å²) in [6.07, 6.45) is 1.02. The summed E-state index contributed by atoms with van der Waals surface area (Å²) in [6.45, 7) is 6.33. The lowest BCUT2D eigenvalue weighted by molar-refractivity contribution is 1.13. The predicted molar refractivity (Wildman–Crippen MR) is 49.7 cm³/mol. The van der Waals surface area contributed by atoms with Crippen LogP contribution in [0.3, 0.4) is 0 Å². The van der Waals surface area contributed by atoms with Gasteiger partial charge in [-0.05, 0) is 43.0 Å². The number of anilines is 1. The molecule has 0 heterocycles. The van der Waals surface area contributed by atoms with Crippen molar-refractivity contribution in [2.24, 2.45) is 0 Å². The molecule has 60 valence electrons. The van der Waals surface area contributed by atoms with Crippen molar-refractivity contribution < 1.29 is 0 Å². The highest BCUT2D eigenvalue weighted by Gasteiger charge is 1.98. The van der Waals surface area contributed by atoms with Crippen molar-refractivity contribution >= 4 is 5.69 Å². The van der Waals surface area contributed by atoms with E-state index in [1.165, 1.54) is 16.7 Å². The van der Waals surface area contributed by atoms with Crippen molar-refractivity contribution in [3.05, 3.63) is 28.8 Å². The molecule has 0 radical (unpaired) electrons. The Labute approximate surface area is 68.2 Å². The van der Waals surface area contributed by atoms with Gasteiger partial charge in [-0.1, -0.05) is 13.0 Å². The number of rotatable bonds is 1. The van der Waals surface area contributed by atoms with E-state index in [4.69, 9.17) is 5.73 Å². The highest BCUT2D eigenvalue weighted by molar-refractivity contribution is 5.51. The van der Waals surface area contributed by atoms with Gasteiger partial charge in [-0.3, -0.25) is 0 Å². The van der Waals surface area contributed by atoms with E-state index < -0.39 is 0 Å². The van der Waals surface area contributed by atoms with Crippen molar-refractivity contribution in [3.8, 4) is 0 Å². The molecule has 0 aliphatic carbocycles. The molecule has 1 nitrogen and oxygen atoms in total. The molecule has 0 aliphatic rings. The standard InChI is InChI=1S/C10H15N/c1-4-9-5-7(2)8(3)6-10(9)11/h5-6H,4,11H2,1-3H3. The molecule has 0 bridgehead atoms. The molecule has 11 heavy (non-hydrogen) atoms. The van der Waals surface area contributed by atoms with E-state index in [0.29, 0.717) is 0 Å². The maximum atomic E-state index is 5.80. The van der Waals surface area contributed by atoms with E-state index >= 15 is 0 Å². The maximum Gasteiger partial charge on any atom is 0.0349 e. The second-order valence-electron chi connectivity index (χ2n) is 2.99. The summed E-state index contributed by atoms with van der Waals surface area (Å²) in [5.41, 5.74) is 10.6. The summed E-state index contributed by atoms with van der Waals surface area (Å²) in [4.78, 5) is 0. The lowest BCUT2D eigenvalue weighted by Crippen LogP contribution is -1.95. The molecule has 0 unspecified atom stereocenters. The first kappa shape index (κ1) is 8.12. The molecule has 1 heteroatoms. The largest absolute Gasteiger partial charge is 0.398 e. The third kappa shape index (κ3) is 1.53. The van der Waals surface area contributed by atoms with Crippen LogP contribution in [0.1, 0.15) is 23.6 Å². The SMILES string of the molecule is CCc1cc(C)c(C)cc1N. The topological polar surface area (TPSA) is 26.0 Å². The molecule has 1 aromatic carbocycles. The van der Waals surface area contributed by atoms with Crippen LogP contribution in [-0.4, -0.2) is 0 Å². The average Bonchev–Trinajstić information content (AvgIpc) is 1.97. The minimum Gasteiger partial charge on any atom is -0.398 e. The van der Waals surface area contributed by atoms with E-state index in [2.05, 4.69) is 26.8 Å². The molecule has 0 aromatic heterocycles. The summed E-state index contributed by atoms with van der Waals surface area (Å²) in [7, 11) is 0. The van der Waals surface area contributed by atoms with E-state index in [1.807, 2.05) is 6.07 Å². The molecular formula is C10H15N. The zero-order chi connectivity index (χ0) is 8.43. The van der Waals surface area contributed by atoms with Crippen LogP contribution < -0.4 is 5.73 Å². The lowest BCUT2D eigenvalue weighted by atomic mass is 10.0. The Hall–Kier alpha value is -0.980. The van der Waals surface area contributed by atoms with Crippen molar-refractivity contribution in [3.63, 3.8) is 0 Å². The minimum atomic E-state index is 0.926. The molecule has 1 aromatic rings. The summed E-state index contributed by atoms with van der Waals surface area (Å²) in [5.74, 6) is 0. The van der Waals surface area contributed by atoms with Crippen LogP contribution in [0.5, 0.6) is 0 Å². The van der Waals surface area contributed by atoms with Crippen molar-refractivity contribution in [1.82, 2.24) is 0 Å². The summed E-state index contributed by atoms with van der Waals surface area (Å²) in [5, 5.41) is 0. The molecule has 0 amide bonds. The Balaban J connectivity index is 3.21. The van der Waals surface area contributed by atoms with E-state index in [0.717, 1.165) is 12.1 Å². The van der Waals surface area contributed by atoms with Crippen LogP contribution in [0.25, 0.3) is 0 Å². The minimum absolute atomic E-state index is 0.926. The number of nitrogen functional groups attached to an aromatic ring is 1. The van der Waals surface area contributed by atoms with Crippen molar-refractivity contribution in [1.29, 1.82) is 0 Å². The zero-order valence-corrected chi connectivity index (χ0v) is 7.44. The van der Waals surface area contributed by atoms with Gasteiger partial charge in [0.05, 0.1) is 0 Å². The number of aryl methyl sites for hydroxylation is 3. The van der Waals surface area contributed by atoms with Gasteiger partial charge in [-0.25, -0.2) is 0 Å². The fourth-order valence-corrected chi connectivity index (χ4v) is 1.20. The summed E-state index contributed by atoms with van der Waals surface area (Å²) >= 11 is 0. The molecule has 1 rings (SSSR count). The van der Waals surface area contributed by atoms with Gasteiger partial charge >= 0.3 is 0 Å². The second kappa shape index (κ2) is 2.95. The molecule has 0 spiro atoms. The number of nitrogens with two attached hydrogens (primary N) is 1. The summed E-state index contributed by atoms with van der Waals surface area (Å²) in [6, 6.07) is 4.22. The Morgan fingerprint density at radius 2 is 1.73 bits per heavy atom. The molecule has 0 atom stereocenters. The van der Waals surface area contributed by atoms with Gasteiger partial charge in [0.15, 0.2) is 0 Å². The van der Waals surface area contributed by atoms with Crippen LogP contribution in [0.2, 0.25) is 0 Å². The molecule has 2 N–H and O–H groups in total. The Morgan fingerprint density at radius 1 is 1.18 bits per heavy atom. The van der Waals surface area contributed by atoms with E-state index in [9.17, 15) is 0 Å². The maximum absolute atomic E-state index is 5.80. The number of hydrogen-bond donors (Lipinski definition) is 1. The van der Waals surface area contributed by atoms with Crippen LogP contribution in [0, 0.1) is 13.8 Å². The molecule has 0 saturated carbocycles. The first-order chi connectivity index (χ1) is 5.15. The van der Waals surface area contributed by atoms with E-state index in [-0.39, 0.29) is 0 Å². The van der Waals surface area contributed by atoms with Crippen LogP contribution >= 0.6 is 0 Å². The third-order valence-electron chi connectivity index (χ3n) is 2.14. The molecular weight excluding hydrogens is 134 g/mol. The van der Waals surface area contributed by atoms with Gasteiger partial charge < -0.3 is 5.73 Å². The molecule has 0 aliphatic heterocycles. The van der Waals surface area contributed by atoms with Crippen LogP contribution in [-0.2, 0) is 6.42 Å². The third-order valence-corrected chi connectivity index (χ3v) is 2.14. The lowest BCUT2D eigenvalue weighted by Gasteiger charge is -2.06.